The normalized spacial score (nSPS) is 16.1. The molecule has 6 heteroatoms. The fourth-order valence-corrected chi connectivity index (χ4v) is 2.92. The minimum atomic E-state index is -3.07. The van der Waals surface area contributed by atoms with Crippen molar-refractivity contribution in [2.75, 3.05) is 12.0 Å². The molecule has 3 N–H and O–H groups in total. The molecule has 0 heterocycles. The Labute approximate surface area is 110 Å². The third kappa shape index (κ3) is 10.5. The van der Waals surface area contributed by atoms with Gasteiger partial charge in [-0.15, -0.1) is 0 Å². The zero-order valence-corrected chi connectivity index (χ0v) is 12.8. The van der Waals surface area contributed by atoms with Crippen LogP contribution in [0.15, 0.2) is 0 Å². The van der Waals surface area contributed by atoms with Crippen molar-refractivity contribution in [3.63, 3.8) is 0 Å². The summed E-state index contributed by atoms with van der Waals surface area (Å²) in [5.74, 6) is -0.240. The van der Waals surface area contributed by atoms with Crippen molar-refractivity contribution in [1.82, 2.24) is 5.32 Å². The Morgan fingerprint density at radius 1 is 1.33 bits per heavy atom. The first kappa shape index (κ1) is 17.4. The third-order valence-electron chi connectivity index (χ3n) is 2.28. The number of rotatable bonds is 6. The van der Waals surface area contributed by atoms with Crippen LogP contribution in [-0.2, 0) is 14.6 Å². The van der Waals surface area contributed by atoms with Gasteiger partial charge in [-0.05, 0) is 18.8 Å². The van der Waals surface area contributed by atoms with E-state index >= 15 is 0 Å². The van der Waals surface area contributed by atoms with Gasteiger partial charge in [0.05, 0.1) is 5.75 Å². The summed E-state index contributed by atoms with van der Waals surface area (Å²) in [4.78, 5) is 11.6. The molecule has 0 saturated heterocycles. The summed E-state index contributed by atoms with van der Waals surface area (Å²) in [6, 6.07) is -0.579. The van der Waals surface area contributed by atoms with Crippen molar-refractivity contribution < 1.29 is 13.2 Å². The van der Waals surface area contributed by atoms with E-state index in [9.17, 15) is 13.2 Å². The van der Waals surface area contributed by atoms with Crippen LogP contribution in [0.25, 0.3) is 0 Å². The van der Waals surface area contributed by atoms with E-state index in [4.69, 9.17) is 5.73 Å². The topological polar surface area (TPSA) is 89.3 Å². The predicted molar refractivity (Wildman–Crippen MR) is 74.0 cm³/mol. The van der Waals surface area contributed by atoms with Gasteiger partial charge in [-0.25, -0.2) is 8.42 Å². The fourth-order valence-electron chi connectivity index (χ4n) is 1.93. The van der Waals surface area contributed by atoms with E-state index in [1.165, 1.54) is 0 Å². The predicted octanol–water partition coefficient (Wildman–Crippen LogP) is 0.689. The van der Waals surface area contributed by atoms with Gasteiger partial charge in [0, 0.05) is 24.8 Å². The van der Waals surface area contributed by atoms with E-state index in [0.717, 1.165) is 12.7 Å². The van der Waals surface area contributed by atoms with Crippen LogP contribution < -0.4 is 11.1 Å². The van der Waals surface area contributed by atoms with E-state index in [0.29, 0.717) is 0 Å². The first-order valence-electron chi connectivity index (χ1n) is 6.12. The van der Waals surface area contributed by atoms with Gasteiger partial charge in [-0.1, -0.05) is 20.8 Å². The Balaban J connectivity index is 4.12. The van der Waals surface area contributed by atoms with Crippen LogP contribution in [0.1, 0.15) is 40.5 Å². The maximum Gasteiger partial charge on any atom is 0.221 e. The molecule has 0 aromatic heterocycles. The fraction of sp³-hybridized carbons (Fsp3) is 0.917. The maximum atomic E-state index is 11.6. The van der Waals surface area contributed by atoms with Crippen LogP contribution in [0.5, 0.6) is 0 Å². The second-order valence-electron chi connectivity index (χ2n) is 6.29. The monoisotopic (exact) mass is 278 g/mol. The highest BCUT2D eigenvalue weighted by Gasteiger charge is 2.19. The molecule has 0 aromatic carbocycles. The lowest BCUT2D eigenvalue weighted by molar-refractivity contribution is -0.122. The number of sulfone groups is 1. The molecule has 0 aliphatic heterocycles. The molecule has 0 rings (SSSR count). The Hall–Kier alpha value is -0.620. The summed E-state index contributed by atoms with van der Waals surface area (Å²) >= 11 is 0. The highest BCUT2D eigenvalue weighted by Crippen LogP contribution is 2.20. The number of carbonyl (C=O) groups is 1. The van der Waals surface area contributed by atoms with Crippen LogP contribution in [0.3, 0.4) is 0 Å². The highest BCUT2D eigenvalue weighted by molar-refractivity contribution is 7.90. The van der Waals surface area contributed by atoms with Gasteiger partial charge < -0.3 is 11.1 Å². The molecule has 0 aromatic rings. The number of nitrogens with two attached hydrogens (primary N) is 1. The van der Waals surface area contributed by atoms with Gasteiger partial charge in [0.2, 0.25) is 5.91 Å². The van der Waals surface area contributed by atoms with E-state index in [1.54, 1.807) is 6.92 Å². The average molecular weight is 278 g/mol. The lowest BCUT2D eigenvalue weighted by atomic mass is 9.87. The summed E-state index contributed by atoms with van der Waals surface area (Å²) in [5, 5.41) is 2.65. The van der Waals surface area contributed by atoms with Gasteiger partial charge >= 0.3 is 0 Å². The van der Waals surface area contributed by atoms with Gasteiger partial charge in [-0.3, -0.25) is 4.79 Å². The van der Waals surface area contributed by atoms with Crippen LogP contribution in [-0.4, -0.2) is 38.4 Å². The summed E-state index contributed by atoms with van der Waals surface area (Å²) in [6.07, 6.45) is 2.13. The van der Waals surface area contributed by atoms with E-state index in [-0.39, 0.29) is 35.6 Å². The molecule has 5 nitrogen and oxygen atoms in total. The van der Waals surface area contributed by atoms with Gasteiger partial charge in [0.15, 0.2) is 0 Å². The Morgan fingerprint density at radius 2 is 1.83 bits per heavy atom. The van der Waals surface area contributed by atoms with Crippen molar-refractivity contribution in [2.24, 2.45) is 11.1 Å². The standard InChI is InChI=1S/C12H26N2O3S/c1-9(8-18(5,16)17)14-11(15)6-10(13)7-12(2,3)4/h9-10H,6-8,13H2,1-5H3,(H,14,15). The van der Waals surface area contributed by atoms with E-state index in [1.807, 2.05) is 0 Å². The molecule has 2 atom stereocenters. The smallest absolute Gasteiger partial charge is 0.221 e. The molecule has 0 spiro atoms. The van der Waals surface area contributed by atoms with Gasteiger partial charge in [0.25, 0.3) is 0 Å². The second-order valence-corrected chi connectivity index (χ2v) is 8.47. The molecule has 0 radical (unpaired) electrons. The van der Waals surface area contributed by atoms with Crippen LogP contribution in [0.4, 0.5) is 0 Å². The quantitative estimate of drug-likeness (QED) is 0.748. The number of nitrogens with one attached hydrogen (secondary N) is 1. The molecule has 0 bridgehead atoms. The number of amides is 1. The number of hydrogen-bond donors (Lipinski definition) is 2. The Kier molecular flexibility index (Phi) is 6.29. The van der Waals surface area contributed by atoms with Crippen LogP contribution >= 0.6 is 0 Å². The molecular formula is C12H26N2O3S. The van der Waals surface area contributed by atoms with Crippen molar-refractivity contribution in [2.45, 2.75) is 52.6 Å². The zero-order chi connectivity index (χ0) is 14.6. The summed E-state index contributed by atoms with van der Waals surface area (Å²) in [7, 11) is -3.07. The number of carbonyl (C=O) groups excluding carboxylic acids is 1. The third-order valence-corrected chi connectivity index (χ3v) is 3.39. The van der Waals surface area contributed by atoms with E-state index in [2.05, 4.69) is 26.1 Å². The number of hydrogen-bond acceptors (Lipinski definition) is 4. The van der Waals surface area contributed by atoms with Crippen molar-refractivity contribution in [1.29, 1.82) is 0 Å². The second kappa shape index (κ2) is 6.52. The summed E-state index contributed by atoms with van der Waals surface area (Å²) in [5.41, 5.74) is 5.97. The Morgan fingerprint density at radius 3 is 2.22 bits per heavy atom. The zero-order valence-electron chi connectivity index (χ0n) is 12.0. The molecule has 18 heavy (non-hydrogen) atoms. The van der Waals surface area contributed by atoms with Crippen LogP contribution in [0, 0.1) is 5.41 Å². The largest absolute Gasteiger partial charge is 0.353 e. The first-order chi connectivity index (χ1) is 7.89. The average Bonchev–Trinajstić information content (AvgIpc) is 1.92. The minimum Gasteiger partial charge on any atom is -0.353 e. The molecule has 2 unspecified atom stereocenters. The Bertz CT molecular complexity index is 371. The van der Waals surface area contributed by atoms with E-state index < -0.39 is 9.84 Å². The maximum absolute atomic E-state index is 11.6. The van der Waals surface area contributed by atoms with Crippen molar-refractivity contribution in [3.8, 4) is 0 Å². The summed E-state index contributed by atoms with van der Waals surface area (Å²) < 4.78 is 22.1. The van der Waals surface area contributed by atoms with Gasteiger partial charge in [-0.2, -0.15) is 0 Å². The molecule has 1 amide bonds. The molecular weight excluding hydrogens is 252 g/mol. The molecule has 0 aliphatic rings. The van der Waals surface area contributed by atoms with Crippen LogP contribution in [0.2, 0.25) is 0 Å². The first-order valence-corrected chi connectivity index (χ1v) is 8.18. The van der Waals surface area contributed by atoms with Crippen molar-refractivity contribution in [3.05, 3.63) is 0 Å². The molecule has 108 valence electrons. The molecule has 0 saturated carbocycles. The lowest BCUT2D eigenvalue weighted by Crippen LogP contribution is -2.40. The van der Waals surface area contributed by atoms with Gasteiger partial charge in [0.1, 0.15) is 9.84 Å². The van der Waals surface area contributed by atoms with Crippen molar-refractivity contribution >= 4 is 15.7 Å². The molecule has 0 fully saturated rings. The molecule has 0 aliphatic carbocycles. The minimum absolute atomic E-state index is 0.0484. The summed E-state index contributed by atoms with van der Waals surface area (Å²) in [6.45, 7) is 7.87. The highest BCUT2D eigenvalue weighted by atomic mass is 32.2. The lowest BCUT2D eigenvalue weighted by Gasteiger charge is -2.23. The SMILES string of the molecule is CC(CS(C)(=O)=O)NC(=O)CC(N)CC(C)(C)C.